The maximum absolute atomic E-state index is 13.7. The molecular weight excluding hydrogens is 763 g/mol. The van der Waals surface area contributed by atoms with Gasteiger partial charge in [-0.25, -0.2) is 9.59 Å². The minimum absolute atomic E-state index is 0.0132. The van der Waals surface area contributed by atoms with E-state index in [1.807, 2.05) is 36.4 Å². The second kappa shape index (κ2) is 23.6. The molecular formula is C48H51N3O9. The van der Waals surface area contributed by atoms with E-state index in [4.69, 9.17) is 14.2 Å². The summed E-state index contributed by atoms with van der Waals surface area (Å²) in [7, 11) is 0. The Morgan fingerprint density at radius 1 is 0.600 bits per heavy atom. The van der Waals surface area contributed by atoms with Crippen molar-refractivity contribution in [3.05, 3.63) is 161 Å². The van der Waals surface area contributed by atoms with E-state index in [9.17, 15) is 29.1 Å². The van der Waals surface area contributed by atoms with E-state index in [1.165, 1.54) is 31.4 Å². The van der Waals surface area contributed by atoms with Gasteiger partial charge in [-0.05, 0) is 83.8 Å². The number of carbonyl (C=O) groups is 5. The molecule has 312 valence electrons. The summed E-state index contributed by atoms with van der Waals surface area (Å²) in [6.45, 7) is 2.91. The molecule has 2 atom stereocenters. The van der Waals surface area contributed by atoms with Crippen molar-refractivity contribution in [3.63, 3.8) is 0 Å². The van der Waals surface area contributed by atoms with Crippen LogP contribution in [0.5, 0.6) is 11.5 Å². The van der Waals surface area contributed by atoms with Crippen LogP contribution in [0, 0.1) is 0 Å². The fourth-order valence-electron chi connectivity index (χ4n) is 6.19. The SMILES string of the molecule is CCCCCCCOc1ccc(C(=O)Oc2ccc(C[C@H](NC(=O)c3ccc(NC(=O)COCc4ccccc4)cc3)C(=O)N[C@@H](Cc3ccccc3)C(=O)O)cc2)cc1. The molecule has 0 heterocycles. The van der Waals surface area contributed by atoms with Crippen LogP contribution in [-0.4, -0.2) is 60.1 Å². The van der Waals surface area contributed by atoms with Gasteiger partial charge in [0.15, 0.2) is 0 Å². The zero-order valence-electron chi connectivity index (χ0n) is 33.6. The molecule has 12 nitrogen and oxygen atoms in total. The number of ether oxygens (including phenoxy) is 3. The lowest BCUT2D eigenvalue weighted by atomic mass is 10.0. The third-order valence-corrected chi connectivity index (χ3v) is 9.47. The summed E-state index contributed by atoms with van der Waals surface area (Å²) >= 11 is 0. The lowest BCUT2D eigenvalue weighted by Gasteiger charge is -2.22. The van der Waals surface area contributed by atoms with E-state index < -0.39 is 35.8 Å². The van der Waals surface area contributed by atoms with Gasteiger partial charge in [0.1, 0.15) is 30.2 Å². The average molecular weight is 814 g/mol. The van der Waals surface area contributed by atoms with Crippen LogP contribution in [0.4, 0.5) is 5.69 Å². The summed E-state index contributed by atoms with van der Waals surface area (Å²) in [5.41, 5.74) is 3.24. The lowest BCUT2D eigenvalue weighted by molar-refractivity contribution is -0.142. The van der Waals surface area contributed by atoms with Crippen molar-refractivity contribution >= 4 is 35.3 Å². The first-order valence-corrected chi connectivity index (χ1v) is 20.1. The van der Waals surface area contributed by atoms with Gasteiger partial charge >= 0.3 is 11.9 Å². The number of unbranched alkanes of at least 4 members (excludes halogenated alkanes) is 4. The van der Waals surface area contributed by atoms with Gasteiger partial charge < -0.3 is 35.3 Å². The van der Waals surface area contributed by atoms with Gasteiger partial charge in [-0.15, -0.1) is 0 Å². The van der Waals surface area contributed by atoms with E-state index in [0.29, 0.717) is 34.7 Å². The van der Waals surface area contributed by atoms with Crippen molar-refractivity contribution in [1.82, 2.24) is 10.6 Å². The van der Waals surface area contributed by atoms with Crippen molar-refractivity contribution in [3.8, 4) is 11.5 Å². The standard InChI is InChI=1S/C48H51N3O9/c1-2-3-4-5-12-29-59-40-27-21-38(22-28-40)48(57)60-41-25-17-35(18-26-41)30-42(46(54)51-43(47(55)56)31-34-13-8-6-9-14-34)50-45(53)37-19-23-39(24-20-37)49-44(52)33-58-32-36-15-10-7-11-16-36/h6-11,13-28,42-43H,2-5,12,29-33H2,1H3,(H,49,52)(H,50,53)(H,51,54)(H,55,56)/t42-,43-/m0/s1. The molecule has 0 aromatic heterocycles. The van der Waals surface area contributed by atoms with Crippen LogP contribution in [0.15, 0.2) is 133 Å². The monoisotopic (exact) mass is 813 g/mol. The van der Waals surface area contributed by atoms with Crippen LogP contribution >= 0.6 is 0 Å². The highest BCUT2D eigenvalue weighted by atomic mass is 16.5. The largest absolute Gasteiger partial charge is 0.494 e. The normalized spacial score (nSPS) is 11.8. The van der Waals surface area contributed by atoms with E-state index in [2.05, 4.69) is 22.9 Å². The summed E-state index contributed by atoms with van der Waals surface area (Å²) in [6, 6.07) is 35.2. The Balaban J connectivity index is 1.20. The number of hydrogen-bond donors (Lipinski definition) is 4. The Morgan fingerprint density at radius 3 is 1.83 bits per heavy atom. The number of hydrogen-bond acceptors (Lipinski definition) is 8. The highest BCUT2D eigenvalue weighted by Gasteiger charge is 2.28. The molecule has 4 N–H and O–H groups in total. The van der Waals surface area contributed by atoms with Gasteiger partial charge in [0.05, 0.1) is 18.8 Å². The number of carbonyl (C=O) groups excluding carboxylic acids is 4. The Hall–Kier alpha value is -6.79. The number of carboxylic acids is 1. The molecule has 0 radical (unpaired) electrons. The quantitative estimate of drug-likeness (QED) is 0.0295. The third kappa shape index (κ3) is 14.9. The average Bonchev–Trinajstić information content (AvgIpc) is 3.26. The number of esters is 1. The Kier molecular flexibility index (Phi) is 17.4. The van der Waals surface area contributed by atoms with Crippen LogP contribution in [0.3, 0.4) is 0 Å². The predicted molar refractivity (Wildman–Crippen MR) is 228 cm³/mol. The first kappa shape index (κ1) is 44.3. The van der Waals surface area contributed by atoms with E-state index in [-0.39, 0.29) is 43.3 Å². The fourth-order valence-corrected chi connectivity index (χ4v) is 6.19. The van der Waals surface area contributed by atoms with Gasteiger partial charge in [0, 0.05) is 24.1 Å². The van der Waals surface area contributed by atoms with Gasteiger partial charge in [-0.1, -0.05) is 105 Å². The molecule has 0 spiro atoms. The first-order chi connectivity index (χ1) is 29.2. The molecule has 5 aromatic carbocycles. The van der Waals surface area contributed by atoms with Crippen LogP contribution in [0.2, 0.25) is 0 Å². The fraction of sp³-hybridized carbons (Fsp3) is 0.271. The number of amides is 3. The number of nitrogens with one attached hydrogen (secondary N) is 3. The minimum atomic E-state index is -1.27. The van der Waals surface area contributed by atoms with Gasteiger partial charge in [0.2, 0.25) is 11.8 Å². The van der Waals surface area contributed by atoms with Crippen molar-refractivity contribution in [2.75, 3.05) is 18.5 Å². The second-order valence-electron chi connectivity index (χ2n) is 14.2. The smallest absolute Gasteiger partial charge is 0.343 e. The van der Waals surface area contributed by atoms with Gasteiger partial charge in [-0.3, -0.25) is 14.4 Å². The molecule has 3 amide bonds. The molecule has 0 aliphatic carbocycles. The lowest BCUT2D eigenvalue weighted by Crippen LogP contribution is -2.53. The highest BCUT2D eigenvalue weighted by molar-refractivity contribution is 5.99. The minimum Gasteiger partial charge on any atom is -0.494 e. The van der Waals surface area contributed by atoms with Crippen LogP contribution in [-0.2, 0) is 38.6 Å². The molecule has 0 unspecified atom stereocenters. The number of benzene rings is 5. The van der Waals surface area contributed by atoms with E-state index in [1.54, 1.807) is 84.9 Å². The molecule has 0 saturated heterocycles. The molecule has 0 aliphatic rings. The zero-order chi connectivity index (χ0) is 42.5. The molecule has 0 fully saturated rings. The molecule has 60 heavy (non-hydrogen) atoms. The van der Waals surface area contributed by atoms with Crippen LogP contribution in [0.1, 0.15) is 76.4 Å². The van der Waals surface area contributed by atoms with Crippen molar-refractivity contribution in [2.45, 2.75) is 70.6 Å². The van der Waals surface area contributed by atoms with E-state index in [0.717, 1.165) is 18.4 Å². The molecule has 5 aromatic rings. The predicted octanol–water partition coefficient (Wildman–Crippen LogP) is 7.56. The van der Waals surface area contributed by atoms with E-state index >= 15 is 0 Å². The number of aliphatic carboxylic acids is 1. The summed E-state index contributed by atoms with van der Waals surface area (Å²) in [5.74, 6) is -2.51. The van der Waals surface area contributed by atoms with Crippen molar-refractivity contribution in [1.29, 1.82) is 0 Å². The van der Waals surface area contributed by atoms with Gasteiger partial charge in [-0.2, -0.15) is 0 Å². The molecule has 12 heteroatoms. The van der Waals surface area contributed by atoms with Crippen LogP contribution in [0.25, 0.3) is 0 Å². The van der Waals surface area contributed by atoms with Crippen molar-refractivity contribution < 1.29 is 43.3 Å². The topological polar surface area (TPSA) is 169 Å². The van der Waals surface area contributed by atoms with Crippen LogP contribution < -0.4 is 25.4 Å². The zero-order valence-corrected chi connectivity index (χ0v) is 33.6. The maximum atomic E-state index is 13.7. The summed E-state index contributed by atoms with van der Waals surface area (Å²) < 4.78 is 16.9. The second-order valence-corrected chi connectivity index (χ2v) is 14.2. The Morgan fingerprint density at radius 2 is 1.18 bits per heavy atom. The third-order valence-electron chi connectivity index (χ3n) is 9.47. The Bertz CT molecular complexity index is 2130. The first-order valence-electron chi connectivity index (χ1n) is 20.1. The highest BCUT2D eigenvalue weighted by Crippen LogP contribution is 2.19. The number of anilines is 1. The summed E-state index contributed by atoms with van der Waals surface area (Å²) in [6.07, 6.45) is 5.69. The molecule has 5 rings (SSSR count). The van der Waals surface area contributed by atoms with Crippen molar-refractivity contribution in [2.24, 2.45) is 0 Å². The Labute approximate surface area is 350 Å². The molecule has 0 saturated carbocycles. The summed E-state index contributed by atoms with van der Waals surface area (Å²) in [4.78, 5) is 64.9. The number of carboxylic acid groups (broad SMARTS) is 1. The summed E-state index contributed by atoms with van der Waals surface area (Å²) in [5, 5.41) is 18.0. The molecule has 0 bridgehead atoms. The van der Waals surface area contributed by atoms with Gasteiger partial charge in [0.25, 0.3) is 5.91 Å². The number of rotatable bonds is 23. The maximum Gasteiger partial charge on any atom is 0.343 e. The molecule has 0 aliphatic heterocycles.